The van der Waals surface area contributed by atoms with Gasteiger partial charge in [0.25, 0.3) is 0 Å². The van der Waals surface area contributed by atoms with Gasteiger partial charge in [-0.05, 0) is 37.1 Å². The minimum atomic E-state index is -3.50. The zero-order chi connectivity index (χ0) is 17.7. The van der Waals surface area contributed by atoms with E-state index in [2.05, 4.69) is 9.46 Å². The van der Waals surface area contributed by atoms with Crippen molar-refractivity contribution in [2.75, 3.05) is 7.11 Å². The van der Waals surface area contributed by atoms with Crippen molar-refractivity contribution in [3.63, 3.8) is 0 Å². The molecule has 0 aliphatic heterocycles. The predicted molar refractivity (Wildman–Crippen MR) is 93.1 cm³/mol. The molecule has 0 aliphatic carbocycles. The maximum Gasteiger partial charge on any atom is 0.337 e. The lowest BCUT2D eigenvalue weighted by Gasteiger charge is -2.15. The Bertz CT molecular complexity index is 796. The second-order valence-corrected chi connectivity index (χ2v) is 7.45. The maximum atomic E-state index is 12.3. The third-order valence-electron chi connectivity index (χ3n) is 3.67. The van der Waals surface area contributed by atoms with Gasteiger partial charge in [0.05, 0.1) is 18.4 Å². The van der Waals surface area contributed by atoms with Gasteiger partial charge in [-0.3, -0.25) is 0 Å². The van der Waals surface area contributed by atoms with Crippen LogP contribution in [0.25, 0.3) is 0 Å². The van der Waals surface area contributed by atoms with Gasteiger partial charge in [0.15, 0.2) is 0 Å². The summed E-state index contributed by atoms with van der Waals surface area (Å²) < 4.78 is 31.9. The lowest BCUT2D eigenvalue weighted by atomic mass is 10.1. The number of rotatable bonds is 6. The van der Waals surface area contributed by atoms with Gasteiger partial charge in [0, 0.05) is 6.04 Å². The first-order valence-electron chi connectivity index (χ1n) is 7.54. The topological polar surface area (TPSA) is 72.5 Å². The van der Waals surface area contributed by atoms with Crippen LogP contribution in [-0.2, 0) is 20.5 Å². The van der Waals surface area contributed by atoms with Crippen LogP contribution in [0.4, 0.5) is 0 Å². The molecule has 2 rings (SSSR count). The number of benzene rings is 2. The quantitative estimate of drug-likeness (QED) is 0.816. The van der Waals surface area contributed by atoms with Crippen LogP contribution < -0.4 is 4.72 Å². The average Bonchev–Trinajstić information content (AvgIpc) is 2.54. The van der Waals surface area contributed by atoms with Crippen molar-refractivity contribution in [2.24, 2.45) is 0 Å². The van der Waals surface area contributed by atoms with Crippen molar-refractivity contribution in [2.45, 2.75) is 25.6 Å². The molecule has 128 valence electrons. The van der Waals surface area contributed by atoms with Gasteiger partial charge in [-0.1, -0.05) is 42.0 Å². The molecule has 0 amide bonds. The molecule has 2 aromatic carbocycles. The van der Waals surface area contributed by atoms with Crippen molar-refractivity contribution in [3.05, 3.63) is 70.8 Å². The van der Waals surface area contributed by atoms with E-state index in [0.29, 0.717) is 11.1 Å². The highest BCUT2D eigenvalue weighted by Crippen LogP contribution is 2.16. The molecule has 1 N–H and O–H groups in total. The predicted octanol–water partition coefficient (Wildman–Crippen LogP) is 2.96. The summed E-state index contributed by atoms with van der Waals surface area (Å²) in [6.07, 6.45) is 0. The highest BCUT2D eigenvalue weighted by molar-refractivity contribution is 7.88. The number of carbonyl (C=O) groups is 1. The molecule has 0 saturated carbocycles. The Labute approximate surface area is 142 Å². The number of hydrogen-bond acceptors (Lipinski definition) is 4. The number of methoxy groups -OCH3 is 1. The minimum absolute atomic E-state index is 0.148. The van der Waals surface area contributed by atoms with Gasteiger partial charge in [-0.2, -0.15) is 0 Å². The first-order chi connectivity index (χ1) is 11.3. The Kier molecular flexibility index (Phi) is 5.75. The maximum absolute atomic E-state index is 12.3. The molecule has 0 heterocycles. The molecular weight excluding hydrogens is 326 g/mol. The van der Waals surface area contributed by atoms with E-state index in [1.807, 2.05) is 38.1 Å². The summed E-state index contributed by atoms with van der Waals surface area (Å²) in [6, 6.07) is 13.7. The molecule has 0 bridgehead atoms. The molecule has 0 aliphatic rings. The van der Waals surface area contributed by atoms with Gasteiger partial charge in [0.2, 0.25) is 10.0 Å². The Balaban J connectivity index is 2.05. The molecule has 1 atom stereocenters. The van der Waals surface area contributed by atoms with Crippen LogP contribution in [0.5, 0.6) is 0 Å². The van der Waals surface area contributed by atoms with E-state index in [1.165, 1.54) is 7.11 Å². The first-order valence-corrected chi connectivity index (χ1v) is 9.20. The smallest absolute Gasteiger partial charge is 0.337 e. The SMILES string of the molecule is COC(=O)c1ccc(CS(=O)(=O)N[C@@H](C)c2ccc(C)cc2)cc1. The summed E-state index contributed by atoms with van der Waals surface area (Å²) in [5, 5.41) is 0. The first kappa shape index (κ1) is 18.2. The van der Waals surface area contributed by atoms with Crippen LogP contribution in [0, 0.1) is 6.92 Å². The lowest BCUT2D eigenvalue weighted by Crippen LogP contribution is -2.28. The van der Waals surface area contributed by atoms with Gasteiger partial charge >= 0.3 is 5.97 Å². The monoisotopic (exact) mass is 347 g/mol. The van der Waals surface area contributed by atoms with Crippen LogP contribution >= 0.6 is 0 Å². The van der Waals surface area contributed by atoms with Gasteiger partial charge in [0.1, 0.15) is 0 Å². The number of esters is 1. The molecule has 0 fully saturated rings. The van der Waals surface area contributed by atoms with Gasteiger partial charge in [-0.25, -0.2) is 17.9 Å². The molecule has 0 spiro atoms. The Morgan fingerprint density at radius 2 is 1.67 bits per heavy atom. The number of hydrogen-bond donors (Lipinski definition) is 1. The molecule has 6 heteroatoms. The summed E-state index contributed by atoms with van der Waals surface area (Å²) in [7, 11) is -2.19. The van der Waals surface area contributed by atoms with E-state index in [0.717, 1.165) is 11.1 Å². The fourth-order valence-corrected chi connectivity index (χ4v) is 3.70. The fraction of sp³-hybridized carbons (Fsp3) is 0.278. The number of aryl methyl sites for hydroxylation is 1. The van der Waals surface area contributed by atoms with E-state index in [4.69, 9.17) is 0 Å². The van der Waals surface area contributed by atoms with E-state index in [9.17, 15) is 13.2 Å². The second kappa shape index (κ2) is 7.59. The van der Waals surface area contributed by atoms with Crippen molar-refractivity contribution in [3.8, 4) is 0 Å². The molecule has 0 radical (unpaired) electrons. The van der Waals surface area contributed by atoms with Crippen LogP contribution in [0.1, 0.15) is 40.0 Å². The van der Waals surface area contributed by atoms with Crippen molar-refractivity contribution in [1.82, 2.24) is 4.72 Å². The summed E-state index contributed by atoms with van der Waals surface area (Å²) in [4.78, 5) is 11.4. The summed E-state index contributed by atoms with van der Waals surface area (Å²) in [5.41, 5.74) is 3.02. The lowest BCUT2D eigenvalue weighted by molar-refractivity contribution is 0.0600. The number of sulfonamides is 1. The average molecular weight is 347 g/mol. The molecule has 2 aromatic rings. The summed E-state index contributed by atoms with van der Waals surface area (Å²) >= 11 is 0. The van der Waals surface area contributed by atoms with Gasteiger partial charge in [-0.15, -0.1) is 0 Å². The Morgan fingerprint density at radius 3 is 2.21 bits per heavy atom. The van der Waals surface area contributed by atoms with E-state index in [1.54, 1.807) is 24.3 Å². The molecule has 0 unspecified atom stereocenters. The van der Waals surface area contributed by atoms with Crippen molar-refractivity contribution >= 4 is 16.0 Å². The normalized spacial score (nSPS) is 12.6. The van der Waals surface area contributed by atoms with Crippen molar-refractivity contribution < 1.29 is 17.9 Å². The van der Waals surface area contributed by atoms with E-state index < -0.39 is 16.0 Å². The third-order valence-corrected chi connectivity index (χ3v) is 5.09. The van der Waals surface area contributed by atoms with Crippen LogP contribution in [0.3, 0.4) is 0 Å². The zero-order valence-electron chi connectivity index (χ0n) is 13.9. The molecular formula is C18H21NO4S. The van der Waals surface area contributed by atoms with Crippen LogP contribution in [0.15, 0.2) is 48.5 Å². The molecule has 0 aromatic heterocycles. The van der Waals surface area contributed by atoms with Crippen molar-refractivity contribution in [1.29, 1.82) is 0 Å². The Hall–Kier alpha value is -2.18. The van der Waals surface area contributed by atoms with E-state index in [-0.39, 0.29) is 11.8 Å². The summed E-state index contributed by atoms with van der Waals surface area (Å²) in [6.45, 7) is 3.79. The zero-order valence-corrected chi connectivity index (χ0v) is 14.8. The number of nitrogens with one attached hydrogen (secondary N) is 1. The number of ether oxygens (including phenoxy) is 1. The molecule has 5 nitrogen and oxygen atoms in total. The highest BCUT2D eigenvalue weighted by Gasteiger charge is 2.17. The molecule has 24 heavy (non-hydrogen) atoms. The van der Waals surface area contributed by atoms with Crippen LogP contribution in [-0.4, -0.2) is 21.5 Å². The minimum Gasteiger partial charge on any atom is -0.465 e. The fourth-order valence-electron chi connectivity index (χ4n) is 2.31. The Morgan fingerprint density at radius 1 is 1.08 bits per heavy atom. The second-order valence-electron chi connectivity index (χ2n) is 5.70. The van der Waals surface area contributed by atoms with Crippen LogP contribution in [0.2, 0.25) is 0 Å². The largest absolute Gasteiger partial charge is 0.465 e. The third kappa shape index (κ3) is 4.91. The van der Waals surface area contributed by atoms with Gasteiger partial charge < -0.3 is 4.74 Å². The molecule has 0 saturated heterocycles. The van der Waals surface area contributed by atoms with E-state index >= 15 is 0 Å². The number of carbonyl (C=O) groups excluding carboxylic acids is 1. The summed E-state index contributed by atoms with van der Waals surface area (Å²) in [5.74, 6) is -0.597. The highest BCUT2D eigenvalue weighted by atomic mass is 32.2. The standard InChI is InChI=1S/C18H21NO4S/c1-13-4-8-16(9-5-13)14(2)19-24(21,22)12-15-6-10-17(11-7-15)18(20)23-3/h4-11,14,19H,12H2,1-3H3/t14-/m0/s1.